The average Bonchev–Trinajstić information content (AvgIpc) is 2.35. The first-order valence-electron chi connectivity index (χ1n) is 7.05. The highest BCUT2D eigenvalue weighted by molar-refractivity contribution is 5.27. The number of aryl methyl sites for hydroxylation is 1. The molecule has 0 N–H and O–H groups in total. The molecule has 1 nitrogen and oxygen atoms in total. The van der Waals surface area contributed by atoms with E-state index in [1.165, 1.54) is 44.1 Å². The normalized spacial score (nSPS) is 24.6. The summed E-state index contributed by atoms with van der Waals surface area (Å²) in [4.78, 5) is 0. The molecule has 2 atom stereocenters. The lowest BCUT2D eigenvalue weighted by atomic mass is 9.88. The van der Waals surface area contributed by atoms with Crippen molar-refractivity contribution in [2.75, 3.05) is 0 Å². The van der Waals surface area contributed by atoms with Gasteiger partial charge in [0.2, 0.25) is 0 Å². The molecule has 0 bridgehead atoms. The minimum Gasteiger partial charge on any atom is -0.490 e. The van der Waals surface area contributed by atoms with Crippen molar-refractivity contribution in [3.63, 3.8) is 0 Å². The van der Waals surface area contributed by atoms with E-state index in [9.17, 15) is 0 Å². The van der Waals surface area contributed by atoms with E-state index in [0.29, 0.717) is 12.0 Å². The maximum Gasteiger partial charge on any atom is 0.119 e. The first kappa shape index (κ1) is 12.5. The van der Waals surface area contributed by atoms with Crippen molar-refractivity contribution in [3.8, 4) is 5.75 Å². The van der Waals surface area contributed by atoms with Gasteiger partial charge >= 0.3 is 0 Å². The van der Waals surface area contributed by atoms with Crippen molar-refractivity contribution in [1.29, 1.82) is 0 Å². The lowest BCUT2D eigenvalue weighted by molar-refractivity contribution is 0.102. The number of hydrogen-bond donors (Lipinski definition) is 0. The van der Waals surface area contributed by atoms with Crippen LogP contribution in [-0.4, -0.2) is 6.10 Å². The second-order valence-electron chi connectivity index (χ2n) is 5.31. The number of ether oxygens (including phenoxy) is 1. The van der Waals surface area contributed by atoms with Gasteiger partial charge in [-0.2, -0.15) is 0 Å². The Bertz CT molecular complexity index is 328. The molecule has 1 aromatic rings. The van der Waals surface area contributed by atoms with Crippen molar-refractivity contribution in [2.45, 2.75) is 58.5 Å². The Morgan fingerprint density at radius 3 is 2.47 bits per heavy atom. The molecule has 0 aliphatic heterocycles. The third-order valence-electron chi connectivity index (χ3n) is 3.78. The molecule has 94 valence electrons. The SMILES string of the molecule is CCCc1ccc(O[C@@H]2CCCC[C@H]2C)cc1. The lowest BCUT2D eigenvalue weighted by Crippen LogP contribution is -2.28. The van der Waals surface area contributed by atoms with Gasteiger partial charge in [0.05, 0.1) is 0 Å². The molecule has 1 saturated carbocycles. The summed E-state index contributed by atoms with van der Waals surface area (Å²) >= 11 is 0. The van der Waals surface area contributed by atoms with Crippen LogP contribution in [0.15, 0.2) is 24.3 Å². The maximum atomic E-state index is 6.10. The number of hydrogen-bond acceptors (Lipinski definition) is 1. The van der Waals surface area contributed by atoms with E-state index in [4.69, 9.17) is 4.74 Å². The maximum absolute atomic E-state index is 6.10. The molecule has 0 aromatic heterocycles. The van der Waals surface area contributed by atoms with Crippen LogP contribution in [-0.2, 0) is 6.42 Å². The Labute approximate surface area is 105 Å². The Hall–Kier alpha value is -0.980. The molecule has 0 unspecified atom stereocenters. The summed E-state index contributed by atoms with van der Waals surface area (Å²) in [6, 6.07) is 8.66. The summed E-state index contributed by atoms with van der Waals surface area (Å²) < 4.78 is 6.10. The van der Waals surface area contributed by atoms with E-state index in [1.54, 1.807) is 0 Å². The standard InChI is InChI=1S/C16H24O/c1-3-6-14-9-11-15(12-10-14)17-16-8-5-4-7-13(16)2/h9-13,16H,3-8H2,1-2H3/t13-,16-/m1/s1. The van der Waals surface area contributed by atoms with Crippen LogP contribution in [0, 0.1) is 5.92 Å². The van der Waals surface area contributed by atoms with Crippen molar-refractivity contribution in [3.05, 3.63) is 29.8 Å². The Balaban J connectivity index is 1.93. The molecule has 17 heavy (non-hydrogen) atoms. The predicted molar refractivity (Wildman–Crippen MR) is 72.5 cm³/mol. The molecule has 1 aromatic carbocycles. The summed E-state index contributed by atoms with van der Waals surface area (Å²) in [5.74, 6) is 1.75. The smallest absolute Gasteiger partial charge is 0.119 e. The summed E-state index contributed by atoms with van der Waals surface area (Å²) in [7, 11) is 0. The van der Waals surface area contributed by atoms with Gasteiger partial charge in [0, 0.05) is 0 Å². The van der Waals surface area contributed by atoms with Gasteiger partial charge < -0.3 is 4.74 Å². The van der Waals surface area contributed by atoms with E-state index in [-0.39, 0.29) is 0 Å². The van der Waals surface area contributed by atoms with Gasteiger partial charge in [-0.05, 0) is 49.3 Å². The number of benzene rings is 1. The van der Waals surface area contributed by atoms with E-state index >= 15 is 0 Å². The molecule has 0 saturated heterocycles. The zero-order valence-corrected chi connectivity index (χ0v) is 11.1. The quantitative estimate of drug-likeness (QED) is 0.737. The molecular weight excluding hydrogens is 208 g/mol. The van der Waals surface area contributed by atoms with Crippen LogP contribution in [0.3, 0.4) is 0 Å². The summed E-state index contributed by atoms with van der Waals surface area (Å²) in [6.07, 6.45) is 8.04. The minimum atomic E-state index is 0.431. The highest BCUT2D eigenvalue weighted by atomic mass is 16.5. The fourth-order valence-electron chi connectivity index (χ4n) is 2.66. The van der Waals surface area contributed by atoms with Crippen LogP contribution in [0.2, 0.25) is 0 Å². The Kier molecular flexibility index (Phi) is 4.47. The monoisotopic (exact) mass is 232 g/mol. The van der Waals surface area contributed by atoms with Crippen molar-refractivity contribution in [1.82, 2.24) is 0 Å². The molecule has 0 spiro atoms. The van der Waals surface area contributed by atoms with Crippen LogP contribution in [0.1, 0.15) is 51.5 Å². The van der Waals surface area contributed by atoms with Gasteiger partial charge in [0.15, 0.2) is 0 Å². The third kappa shape index (κ3) is 3.49. The van der Waals surface area contributed by atoms with Gasteiger partial charge in [-0.15, -0.1) is 0 Å². The largest absolute Gasteiger partial charge is 0.490 e. The Morgan fingerprint density at radius 2 is 1.82 bits per heavy atom. The van der Waals surface area contributed by atoms with Gasteiger partial charge in [-0.3, -0.25) is 0 Å². The number of rotatable bonds is 4. The molecule has 2 rings (SSSR count). The molecular formula is C16H24O. The van der Waals surface area contributed by atoms with Gasteiger partial charge in [0.25, 0.3) is 0 Å². The fourth-order valence-corrected chi connectivity index (χ4v) is 2.66. The van der Waals surface area contributed by atoms with Gasteiger partial charge in [-0.1, -0.05) is 38.8 Å². The van der Waals surface area contributed by atoms with Gasteiger partial charge in [0.1, 0.15) is 11.9 Å². The molecule has 1 aliphatic carbocycles. The molecule has 0 heterocycles. The minimum absolute atomic E-state index is 0.431. The zero-order chi connectivity index (χ0) is 12.1. The van der Waals surface area contributed by atoms with Crippen molar-refractivity contribution in [2.24, 2.45) is 5.92 Å². The van der Waals surface area contributed by atoms with Gasteiger partial charge in [-0.25, -0.2) is 0 Å². The van der Waals surface area contributed by atoms with E-state index < -0.39 is 0 Å². The second kappa shape index (κ2) is 6.09. The lowest BCUT2D eigenvalue weighted by Gasteiger charge is -2.29. The van der Waals surface area contributed by atoms with Crippen molar-refractivity contribution >= 4 is 0 Å². The first-order valence-corrected chi connectivity index (χ1v) is 7.05. The molecule has 0 radical (unpaired) electrons. The third-order valence-corrected chi connectivity index (χ3v) is 3.78. The van der Waals surface area contributed by atoms with Crippen LogP contribution in [0.25, 0.3) is 0 Å². The van der Waals surface area contributed by atoms with E-state index in [2.05, 4.69) is 38.1 Å². The fraction of sp³-hybridized carbons (Fsp3) is 0.625. The second-order valence-corrected chi connectivity index (χ2v) is 5.31. The Morgan fingerprint density at radius 1 is 1.12 bits per heavy atom. The molecule has 1 fully saturated rings. The van der Waals surface area contributed by atoms with Crippen LogP contribution in [0.4, 0.5) is 0 Å². The molecule has 0 amide bonds. The van der Waals surface area contributed by atoms with Crippen LogP contribution >= 0.6 is 0 Å². The van der Waals surface area contributed by atoms with Crippen LogP contribution in [0.5, 0.6) is 5.75 Å². The predicted octanol–water partition coefficient (Wildman–Crippen LogP) is 4.60. The molecule has 1 aliphatic rings. The molecule has 1 heteroatoms. The highest BCUT2D eigenvalue weighted by Crippen LogP contribution is 2.28. The topological polar surface area (TPSA) is 9.23 Å². The average molecular weight is 232 g/mol. The summed E-state index contributed by atoms with van der Waals surface area (Å²) in [6.45, 7) is 4.53. The summed E-state index contributed by atoms with van der Waals surface area (Å²) in [5, 5.41) is 0. The van der Waals surface area contributed by atoms with Crippen molar-refractivity contribution < 1.29 is 4.74 Å². The first-order chi connectivity index (χ1) is 8.29. The van der Waals surface area contributed by atoms with E-state index in [1.807, 2.05) is 0 Å². The van der Waals surface area contributed by atoms with E-state index in [0.717, 1.165) is 5.75 Å². The zero-order valence-electron chi connectivity index (χ0n) is 11.1. The summed E-state index contributed by atoms with van der Waals surface area (Å²) in [5.41, 5.74) is 1.41. The highest BCUT2D eigenvalue weighted by Gasteiger charge is 2.22. The van der Waals surface area contributed by atoms with Crippen LogP contribution < -0.4 is 4.74 Å².